The summed E-state index contributed by atoms with van der Waals surface area (Å²) in [7, 11) is 0. The van der Waals surface area contributed by atoms with Crippen molar-refractivity contribution >= 4 is 17.4 Å². The summed E-state index contributed by atoms with van der Waals surface area (Å²) in [4.78, 5) is 19.3. The van der Waals surface area contributed by atoms with Crippen molar-refractivity contribution in [2.45, 2.75) is 6.54 Å². The molecule has 2 aromatic heterocycles. The molecule has 0 aliphatic carbocycles. The summed E-state index contributed by atoms with van der Waals surface area (Å²) < 4.78 is 1.45. The number of aromatic nitrogens is 4. The van der Waals surface area contributed by atoms with Gasteiger partial charge in [0.2, 0.25) is 5.91 Å². The second-order valence-electron chi connectivity index (χ2n) is 3.11. The summed E-state index contributed by atoms with van der Waals surface area (Å²) in [6.07, 6.45) is 7.56. The van der Waals surface area contributed by atoms with Crippen LogP contribution in [0.4, 0.5) is 11.5 Å². The number of nitrogens with two attached hydrogens (primary N) is 1. The molecule has 16 heavy (non-hydrogen) atoms. The molecular weight excluding hydrogens is 208 g/mol. The quantitative estimate of drug-likeness (QED) is 0.749. The number of rotatable bonds is 3. The van der Waals surface area contributed by atoms with Crippen molar-refractivity contribution in [2.24, 2.45) is 0 Å². The molecule has 0 fully saturated rings. The molecular formula is C9H10N6O. The van der Waals surface area contributed by atoms with Crippen LogP contribution in [0.1, 0.15) is 0 Å². The van der Waals surface area contributed by atoms with Crippen molar-refractivity contribution in [1.29, 1.82) is 0 Å². The molecule has 7 heteroatoms. The van der Waals surface area contributed by atoms with E-state index in [4.69, 9.17) is 5.73 Å². The molecule has 0 spiro atoms. The van der Waals surface area contributed by atoms with Crippen LogP contribution in [0.2, 0.25) is 0 Å². The first kappa shape index (κ1) is 10.1. The molecule has 7 nitrogen and oxygen atoms in total. The minimum absolute atomic E-state index is 0.0910. The Hall–Kier alpha value is -2.44. The smallest absolute Gasteiger partial charge is 0.247 e. The summed E-state index contributed by atoms with van der Waals surface area (Å²) in [6, 6.07) is 0. The normalized spacial score (nSPS) is 10.0. The fraction of sp³-hybridized carbons (Fsp3) is 0.111. The monoisotopic (exact) mass is 218 g/mol. The average molecular weight is 218 g/mol. The van der Waals surface area contributed by atoms with Gasteiger partial charge in [0.05, 0.1) is 18.1 Å². The predicted molar refractivity (Wildman–Crippen MR) is 57.3 cm³/mol. The highest BCUT2D eigenvalue weighted by atomic mass is 16.2. The summed E-state index contributed by atoms with van der Waals surface area (Å²) in [6.45, 7) is 0.0910. The number of nitrogens with one attached hydrogen (secondary N) is 1. The van der Waals surface area contributed by atoms with Gasteiger partial charge in [0.25, 0.3) is 0 Å². The largest absolute Gasteiger partial charge is 0.396 e. The van der Waals surface area contributed by atoms with Crippen LogP contribution in [0.15, 0.2) is 31.0 Å². The van der Waals surface area contributed by atoms with Gasteiger partial charge >= 0.3 is 0 Å². The minimum atomic E-state index is -0.233. The summed E-state index contributed by atoms with van der Waals surface area (Å²) in [5.74, 6) is 0.177. The molecule has 82 valence electrons. The van der Waals surface area contributed by atoms with E-state index >= 15 is 0 Å². The lowest BCUT2D eigenvalue weighted by Gasteiger charge is -2.03. The fourth-order valence-corrected chi connectivity index (χ4v) is 1.16. The van der Waals surface area contributed by atoms with E-state index in [9.17, 15) is 4.79 Å². The van der Waals surface area contributed by atoms with E-state index < -0.39 is 0 Å². The number of nitrogen functional groups attached to an aromatic ring is 1. The number of nitrogens with zero attached hydrogens (tertiary/aromatic N) is 4. The number of anilines is 2. The van der Waals surface area contributed by atoms with Gasteiger partial charge in [-0.15, -0.1) is 0 Å². The molecule has 0 saturated carbocycles. The second kappa shape index (κ2) is 4.39. The lowest BCUT2D eigenvalue weighted by molar-refractivity contribution is -0.116. The van der Waals surface area contributed by atoms with Crippen molar-refractivity contribution in [2.75, 3.05) is 11.1 Å². The van der Waals surface area contributed by atoms with Crippen LogP contribution in [0, 0.1) is 0 Å². The van der Waals surface area contributed by atoms with Gasteiger partial charge in [0, 0.05) is 18.6 Å². The van der Waals surface area contributed by atoms with Gasteiger partial charge in [-0.2, -0.15) is 5.10 Å². The Labute approximate surface area is 91.3 Å². The van der Waals surface area contributed by atoms with Gasteiger partial charge in [-0.1, -0.05) is 0 Å². The van der Waals surface area contributed by atoms with E-state index in [0.717, 1.165) is 0 Å². The van der Waals surface area contributed by atoms with Gasteiger partial charge in [-0.05, 0) is 0 Å². The molecule has 2 rings (SSSR count). The second-order valence-corrected chi connectivity index (χ2v) is 3.11. The lowest BCUT2D eigenvalue weighted by Crippen LogP contribution is -2.19. The molecule has 3 N–H and O–H groups in total. The first-order chi connectivity index (χ1) is 7.74. The Morgan fingerprint density at radius 3 is 2.94 bits per heavy atom. The van der Waals surface area contributed by atoms with Crippen LogP contribution in [0.5, 0.6) is 0 Å². The molecule has 0 unspecified atom stereocenters. The molecule has 0 aliphatic rings. The average Bonchev–Trinajstić information content (AvgIpc) is 2.65. The minimum Gasteiger partial charge on any atom is -0.396 e. The van der Waals surface area contributed by atoms with Crippen molar-refractivity contribution in [3.05, 3.63) is 31.0 Å². The molecule has 0 aromatic carbocycles. The van der Waals surface area contributed by atoms with Crippen molar-refractivity contribution in [1.82, 2.24) is 19.7 Å². The van der Waals surface area contributed by atoms with Crippen molar-refractivity contribution < 1.29 is 4.79 Å². The Balaban J connectivity index is 1.95. The number of carbonyl (C=O) groups excluding carboxylic acids is 1. The third kappa shape index (κ3) is 2.53. The van der Waals surface area contributed by atoms with Gasteiger partial charge in [-0.3, -0.25) is 14.5 Å². The zero-order chi connectivity index (χ0) is 11.4. The maximum atomic E-state index is 11.5. The molecule has 0 bridgehead atoms. The number of carbonyl (C=O) groups is 1. The van der Waals surface area contributed by atoms with E-state index in [2.05, 4.69) is 20.4 Å². The maximum Gasteiger partial charge on any atom is 0.247 e. The van der Waals surface area contributed by atoms with E-state index in [1.807, 2.05) is 0 Å². The third-order valence-corrected chi connectivity index (χ3v) is 1.79. The van der Waals surface area contributed by atoms with Gasteiger partial charge in [0.1, 0.15) is 6.54 Å². The van der Waals surface area contributed by atoms with Crippen LogP contribution in [-0.4, -0.2) is 25.7 Å². The highest BCUT2D eigenvalue weighted by Gasteiger charge is 2.04. The fourth-order valence-electron chi connectivity index (χ4n) is 1.16. The van der Waals surface area contributed by atoms with Crippen molar-refractivity contribution in [3.8, 4) is 0 Å². The van der Waals surface area contributed by atoms with E-state index in [1.54, 1.807) is 6.20 Å². The third-order valence-electron chi connectivity index (χ3n) is 1.79. The molecule has 2 heterocycles. The first-order valence-corrected chi connectivity index (χ1v) is 4.58. The Morgan fingerprint density at radius 1 is 1.44 bits per heavy atom. The van der Waals surface area contributed by atoms with Crippen LogP contribution in [-0.2, 0) is 11.3 Å². The Morgan fingerprint density at radius 2 is 2.31 bits per heavy atom. The van der Waals surface area contributed by atoms with Crippen molar-refractivity contribution in [3.63, 3.8) is 0 Å². The molecule has 1 amide bonds. The van der Waals surface area contributed by atoms with E-state index in [0.29, 0.717) is 11.5 Å². The van der Waals surface area contributed by atoms with Crippen LogP contribution >= 0.6 is 0 Å². The number of amides is 1. The maximum absolute atomic E-state index is 11.5. The predicted octanol–water partition coefficient (Wildman–Crippen LogP) is -0.106. The molecule has 0 radical (unpaired) electrons. The van der Waals surface area contributed by atoms with Crippen LogP contribution < -0.4 is 11.1 Å². The standard InChI is InChI=1S/C9H10N6O/c10-7-3-13-15(5-7)6-9(16)14-8-4-11-1-2-12-8/h1-5H,6,10H2,(H,12,14,16). The topological polar surface area (TPSA) is 98.7 Å². The van der Waals surface area contributed by atoms with Gasteiger partial charge in [-0.25, -0.2) is 4.98 Å². The first-order valence-electron chi connectivity index (χ1n) is 4.58. The summed E-state index contributed by atoms with van der Waals surface area (Å²) in [5, 5.41) is 6.48. The zero-order valence-electron chi connectivity index (χ0n) is 8.37. The molecule has 0 aliphatic heterocycles. The van der Waals surface area contributed by atoms with E-state index in [-0.39, 0.29) is 12.5 Å². The van der Waals surface area contributed by atoms with Crippen LogP contribution in [0.25, 0.3) is 0 Å². The summed E-state index contributed by atoms with van der Waals surface area (Å²) >= 11 is 0. The molecule has 0 saturated heterocycles. The zero-order valence-corrected chi connectivity index (χ0v) is 8.37. The lowest BCUT2D eigenvalue weighted by atomic mass is 10.5. The Bertz CT molecular complexity index is 480. The summed E-state index contributed by atoms with van der Waals surface area (Å²) in [5.41, 5.74) is 5.99. The van der Waals surface area contributed by atoms with Gasteiger partial charge < -0.3 is 11.1 Å². The number of hydrogen-bond acceptors (Lipinski definition) is 5. The Kier molecular flexibility index (Phi) is 2.77. The van der Waals surface area contributed by atoms with E-state index in [1.165, 1.54) is 29.5 Å². The number of hydrogen-bond donors (Lipinski definition) is 2. The van der Waals surface area contributed by atoms with Crippen LogP contribution in [0.3, 0.4) is 0 Å². The highest BCUT2D eigenvalue weighted by molar-refractivity contribution is 5.89. The van der Waals surface area contributed by atoms with Gasteiger partial charge in [0.15, 0.2) is 5.82 Å². The molecule has 2 aromatic rings. The highest BCUT2D eigenvalue weighted by Crippen LogP contribution is 2.00. The molecule has 0 atom stereocenters. The SMILES string of the molecule is Nc1cnn(CC(=O)Nc2cnccn2)c1.